The SMILES string of the molecule is COc1cc2nc(N)n(N3CCCCC3)c2cc1OC. The molecule has 0 saturated carbocycles. The largest absolute Gasteiger partial charge is 0.493 e. The lowest BCUT2D eigenvalue weighted by molar-refractivity contribution is 0.355. The minimum atomic E-state index is 0.511. The van der Waals surface area contributed by atoms with E-state index in [4.69, 9.17) is 15.2 Å². The molecule has 0 atom stereocenters. The monoisotopic (exact) mass is 276 g/mol. The van der Waals surface area contributed by atoms with Gasteiger partial charge in [-0.3, -0.25) is 0 Å². The van der Waals surface area contributed by atoms with Gasteiger partial charge in [-0.2, -0.15) is 0 Å². The van der Waals surface area contributed by atoms with Crippen molar-refractivity contribution in [2.45, 2.75) is 19.3 Å². The summed E-state index contributed by atoms with van der Waals surface area (Å²) >= 11 is 0. The Morgan fingerprint density at radius 3 is 2.35 bits per heavy atom. The fourth-order valence-electron chi connectivity index (χ4n) is 2.79. The maximum atomic E-state index is 6.10. The molecule has 2 heterocycles. The number of hydrogen-bond acceptors (Lipinski definition) is 5. The number of hydrogen-bond donors (Lipinski definition) is 1. The number of fused-ring (bicyclic) bond motifs is 1. The Morgan fingerprint density at radius 2 is 1.70 bits per heavy atom. The summed E-state index contributed by atoms with van der Waals surface area (Å²) in [6.45, 7) is 2.01. The van der Waals surface area contributed by atoms with Crippen LogP contribution in [0.15, 0.2) is 12.1 Å². The van der Waals surface area contributed by atoms with Crippen LogP contribution in [0.2, 0.25) is 0 Å². The summed E-state index contributed by atoms with van der Waals surface area (Å²) in [6.07, 6.45) is 3.65. The molecular weight excluding hydrogens is 256 g/mol. The van der Waals surface area contributed by atoms with Crippen molar-refractivity contribution in [1.82, 2.24) is 9.66 Å². The van der Waals surface area contributed by atoms with Crippen LogP contribution >= 0.6 is 0 Å². The summed E-state index contributed by atoms with van der Waals surface area (Å²) in [6, 6.07) is 3.80. The van der Waals surface area contributed by atoms with Crippen molar-refractivity contribution in [3.8, 4) is 11.5 Å². The number of nitrogens with zero attached hydrogens (tertiary/aromatic N) is 3. The molecule has 0 unspecified atom stereocenters. The Hall–Kier alpha value is -2.11. The molecule has 1 aliphatic heterocycles. The van der Waals surface area contributed by atoms with Gasteiger partial charge in [0.1, 0.15) is 0 Å². The third kappa shape index (κ3) is 2.01. The van der Waals surface area contributed by atoms with E-state index in [1.165, 1.54) is 19.3 Å². The number of nitrogens with two attached hydrogens (primary N) is 1. The van der Waals surface area contributed by atoms with E-state index in [1.54, 1.807) is 14.2 Å². The minimum Gasteiger partial charge on any atom is -0.493 e. The van der Waals surface area contributed by atoms with Crippen molar-refractivity contribution in [2.24, 2.45) is 0 Å². The molecule has 1 aromatic carbocycles. The molecular formula is C14H20N4O2. The average molecular weight is 276 g/mol. The first-order chi connectivity index (χ1) is 9.74. The number of benzene rings is 1. The number of aromatic nitrogens is 2. The molecule has 0 amide bonds. The van der Waals surface area contributed by atoms with Crippen molar-refractivity contribution in [1.29, 1.82) is 0 Å². The van der Waals surface area contributed by atoms with Crippen LogP contribution in [0.3, 0.4) is 0 Å². The first kappa shape index (κ1) is 12.9. The van der Waals surface area contributed by atoms with Gasteiger partial charge in [-0.1, -0.05) is 0 Å². The molecule has 0 aliphatic carbocycles. The number of piperidine rings is 1. The highest BCUT2D eigenvalue weighted by molar-refractivity contribution is 5.82. The van der Waals surface area contributed by atoms with Gasteiger partial charge in [0.25, 0.3) is 0 Å². The van der Waals surface area contributed by atoms with E-state index >= 15 is 0 Å². The Kier molecular flexibility index (Phi) is 3.30. The predicted molar refractivity (Wildman–Crippen MR) is 79.1 cm³/mol. The van der Waals surface area contributed by atoms with Gasteiger partial charge in [0.2, 0.25) is 5.95 Å². The second-order valence-electron chi connectivity index (χ2n) is 4.99. The molecule has 1 aromatic heterocycles. The molecule has 3 rings (SSSR count). The number of nitrogen functional groups attached to an aromatic ring is 1. The quantitative estimate of drug-likeness (QED) is 0.925. The first-order valence-electron chi connectivity index (χ1n) is 6.90. The van der Waals surface area contributed by atoms with Crippen LogP contribution in [-0.2, 0) is 0 Å². The molecule has 108 valence electrons. The normalized spacial score (nSPS) is 15.6. The molecule has 1 aliphatic rings. The molecule has 1 saturated heterocycles. The Bertz CT molecular complexity index is 617. The highest BCUT2D eigenvalue weighted by Gasteiger charge is 2.19. The van der Waals surface area contributed by atoms with Crippen LogP contribution in [0.5, 0.6) is 11.5 Å². The summed E-state index contributed by atoms with van der Waals surface area (Å²) in [5, 5.41) is 2.25. The summed E-state index contributed by atoms with van der Waals surface area (Å²) in [5.74, 6) is 1.87. The van der Waals surface area contributed by atoms with Gasteiger partial charge in [-0.15, -0.1) is 0 Å². The van der Waals surface area contributed by atoms with E-state index < -0.39 is 0 Å². The van der Waals surface area contributed by atoms with E-state index in [0.717, 1.165) is 24.1 Å². The lowest BCUT2D eigenvalue weighted by Gasteiger charge is -2.30. The average Bonchev–Trinajstić information content (AvgIpc) is 2.81. The third-order valence-corrected chi connectivity index (χ3v) is 3.78. The number of rotatable bonds is 3. The van der Waals surface area contributed by atoms with Crippen molar-refractivity contribution < 1.29 is 9.47 Å². The zero-order valence-corrected chi connectivity index (χ0v) is 11.9. The van der Waals surface area contributed by atoms with Crippen LogP contribution in [0, 0.1) is 0 Å². The molecule has 0 radical (unpaired) electrons. The first-order valence-corrected chi connectivity index (χ1v) is 6.90. The summed E-state index contributed by atoms with van der Waals surface area (Å²) in [7, 11) is 3.25. The van der Waals surface area contributed by atoms with Gasteiger partial charge in [-0.05, 0) is 19.3 Å². The second kappa shape index (κ2) is 5.11. The highest BCUT2D eigenvalue weighted by Crippen LogP contribution is 2.33. The van der Waals surface area contributed by atoms with Crippen LogP contribution in [0.1, 0.15) is 19.3 Å². The molecule has 6 heteroatoms. The second-order valence-corrected chi connectivity index (χ2v) is 4.99. The number of imidazole rings is 1. The lowest BCUT2D eigenvalue weighted by Crippen LogP contribution is -2.39. The number of anilines is 1. The van der Waals surface area contributed by atoms with E-state index in [2.05, 4.69) is 9.99 Å². The van der Waals surface area contributed by atoms with Crippen LogP contribution in [-0.4, -0.2) is 37.0 Å². The van der Waals surface area contributed by atoms with E-state index in [0.29, 0.717) is 17.4 Å². The van der Waals surface area contributed by atoms with Gasteiger partial charge in [-0.25, -0.2) is 9.66 Å². The maximum Gasteiger partial charge on any atom is 0.220 e. The van der Waals surface area contributed by atoms with Crippen LogP contribution in [0.4, 0.5) is 5.95 Å². The lowest BCUT2D eigenvalue weighted by atomic mass is 10.2. The Balaban J connectivity index is 2.13. The smallest absolute Gasteiger partial charge is 0.220 e. The van der Waals surface area contributed by atoms with Gasteiger partial charge < -0.3 is 20.2 Å². The zero-order chi connectivity index (χ0) is 14.1. The van der Waals surface area contributed by atoms with Gasteiger partial charge in [0.05, 0.1) is 25.3 Å². The maximum absolute atomic E-state index is 6.10. The molecule has 1 fully saturated rings. The molecule has 0 bridgehead atoms. The van der Waals surface area contributed by atoms with Crippen molar-refractivity contribution >= 4 is 17.0 Å². The van der Waals surface area contributed by atoms with E-state index in [-0.39, 0.29) is 0 Å². The number of methoxy groups -OCH3 is 2. The van der Waals surface area contributed by atoms with E-state index in [9.17, 15) is 0 Å². The van der Waals surface area contributed by atoms with Crippen LogP contribution < -0.4 is 20.2 Å². The van der Waals surface area contributed by atoms with Gasteiger partial charge in [0.15, 0.2) is 11.5 Å². The third-order valence-electron chi connectivity index (χ3n) is 3.78. The summed E-state index contributed by atoms with van der Waals surface area (Å²) in [5.41, 5.74) is 7.88. The topological polar surface area (TPSA) is 65.5 Å². The van der Waals surface area contributed by atoms with E-state index in [1.807, 2.05) is 16.8 Å². The Labute approximate surface area is 118 Å². The summed E-state index contributed by atoms with van der Waals surface area (Å²) in [4.78, 5) is 4.44. The fraction of sp³-hybridized carbons (Fsp3) is 0.500. The zero-order valence-electron chi connectivity index (χ0n) is 11.9. The van der Waals surface area contributed by atoms with Gasteiger partial charge in [0, 0.05) is 25.2 Å². The fourth-order valence-corrected chi connectivity index (χ4v) is 2.79. The molecule has 2 N–H and O–H groups in total. The molecule has 0 spiro atoms. The molecule has 20 heavy (non-hydrogen) atoms. The summed E-state index contributed by atoms with van der Waals surface area (Å²) < 4.78 is 12.7. The minimum absolute atomic E-state index is 0.511. The Morgan fingerprint density at radius 1 is 1.05 bits per heavy atom. The molecule has 6 nitrogen and oxygen atoms in total. The van der Waals surface area contributed by atoms with Crippen molar-refractivity contribution in [3.05, 3.63) is 12.1 Å². The van der Waals surface area contributed by atoms with Crippen molar-refractivity contribution in [2.75, 3.05) is 38.1 Å². The standard InChI is InChI=1S/C14H20N4O2/c1-19-12-8-10-11(9-13(12)20-2)18(14(15)16-10)17-6-4-3-5-7-17/h8-9H,3-7H2,1-2H3,(H2,15,16). The number of ether oxygens (including phenoxy) is 2. The molecule has 2 aromatic rings. The van der Waals surface area contributed by atoms with Crippen LogP contribution in [0.25, 0.3) is 11.0 Å². The van der Waals surface area contributed by atoms with Crippen molar-refractivity contribution in [3.63, 3.8) is 0 Å². The van der Waals surface area contributed by atoms with Gasteiger partial charge >= 0.3 is 0 Å². The highest BCUT2D eigenvalue weighted by atomic mass is 16.5. The predicted octanol–water partition coefficient (Wildman–Crippen LogP) is 1.76.